The molecule has 3 N–H and O–H groups in total. The van der Waals surface area contributed by atoms with Crippen LogP contribution in [0.2, 0.25) is 0 Å². The van der Waals surface area contributed by atoms with Crippen molar-refractivity contribution in [2.24, 2.45) is 5.92 Å². The first-order chi connectivity index (χ1) is 19.6. The van der Waals surface area contributed by atoms with Gasteiger partial charge in [-0.15, -0.1) is 11.8 Å². The van der Waals surface area contributed by atoms with Gasteiger partial charge in [0, 0.05) is 77.6 Å². The lowest BCUT2D eigenvalue weighted by Crippen LogP contribution is -2.47. The fourth-order valence-electron chi connectivity index (χ4n) is 5.58. The Hall–Kier alpha value is -3.50. The van der Waals surface area contributed by atoms with Gasteiger partial charge >= 0.3 is 0 Å². The highest BCUT2D eigenvalue weighted by Crippen LogP contribution is 2.52. The fourth-order valence-corrected chi connectivity index (χ4v) is 6.29. The number of carbonyl (C=O) groups is 1. The van der Waals surface area contributed by atoms with Gasteiger partial charge in [-0.25, -0.2) is 4.98 Å². The van der Waals surface area contributed by atoms with Gasteiger partial charge in [0.25, 0.3) is 17.3 Å². The zero-order valence-corrected chi connectivity index (χ0v) is 25.5. The van der Waals surface area contributed by atoms with E-state index in [9.17, 15) is 9.59 Å². The Kier molecular flexibility index (Phi) is 8.33. The van der Waals surface area contributed by atoms with Gasteiger partial charge in [-0.1, -0.05) is 0 Å². The van der Waals surface area contributed by atoms with Crippen LogP contribution in [0.5, 0.6) is 11.5 Å². The van der Waals surface area contributed by atoms with Gasteiger partial charge in [-0.2, -0.15) is 0 Å². The third kappa shape index (κ3) is 5.67. The molecule has 218 valence electrons. The molecule has 41 heavy (non-hydrogen) atoms. The average molecular weight is 578 g/mol. The van der Waals surface area contributed by atoms with E-state index in [1.54, 1.807) is 0 Å². The summed E-state index contributed by atoms with van der Waals surface area (Å²) in [6.07, 6.45) is 5.61. The molecular formula is C31H39N5O4S. The van der Waals surface area contributed by atoms with Crippen molar-refractivity contribution >= 4 is 23.5 Å². The Bertz CT molecular complexity index is 1500. The molecule has 9 nitrogen and oxygen atoms in total. The number of aromatic nitrogens is 2. The van der Waals surface area contributed by atoms with Crippen LogP contribution < -0.4 is 30.6 Å². The predicted octanol–water partition coefficient (Wildman–Crippen LogP) is 4.65. The molecule has 1 unspecified atom stereocenters. The monoisotopic (exact) mass is 577 g/mol. The van der Waals surface area contributed by atoms with Crippen molar-refractivity contribution in [3.8, 4) is 22.6 Å². The van der Waals surface area contributed by atoms with Crippen LogP contribution in [0.15, 0.2) is 40.2 Å². The minimum Gasteiger partial charge on any atom is -0.448 e. The third-order valence-electron chi connectivity index (χ3n) is 8.22. The number of amides is 1. The third-order valence-corrected chi connectivity index (χ3v) is 9.02. The van der Waals surface area contributed by atoms with Gasteiger partial charge in [0.1, 0.15) is 5.82 Å². The van der Waals surface area contributed by atoms with Crippen LogP contribution in [0.25, 0.3) is 11.1 Å². The zero-order chi connectivity index (χ0) is 29.3. The summed E-state index contributed by atoms with van der Waals surface area (Å²) >= 11 is 1.49. The number of ether oxygens (including phenoxy) is 2. The van der Waals surface area contributed by atoms with Crippen LogP contribution in [0.4, 0.5) is 5.82 Å². The van der Waals surface area contributed by atoms with Crippen LogP contribution in [-0.2, 0) is 6.54 Å². The normalized spacial score (nSPS) is 18.4. The predicted molar refractivity (Wildman–Crippen MR) is 163 cm³/mol. The molecule has 0 saturated carbocycles. The first-order valence-electron chi connectivity index (χ1n) is 14.1. The molecule has 2 aliphatic rings. The van der Waals surface area contributed by atoms with Gasteiger partial charge in [-0.3, -0.25) is 9.59 Å². The first kappa shape index (κ1) is 29.0. The fraction of sp³-hybridized carbons (Fsp3) is 0.452. The van der Waals surface area contributed by atoms with Crippen molar-refractivity contribution in [1.29, 1.82) is 0 Å². The maximum Gasteiger partial charge on any atom is 0.254 e. The van der Waals surface area contributed by atoms with Gasteiger partial charge in [0.15, 0.2) is 11.5 Å². The van der Waals surface area contributed by atoms with Crippen molar-refractivity contribution in [2.75, 3.05) is 37.8 Å². The van der Waals surface area contributed by atoms with Crippen molar-refractivity contribution < 1.29 is 14.3 Å². The van der Waals surface area contributed by atoms with E-state index in [0.717, 1.165) is 60.0 Å². The number of hydrogen-bond donors (Lipinski definition) is 3. The summed E-state index contributed by atoms with van der Waals surface area (Å²) in [6.45, 7) is 10.6. The molecule has 2 aliphatic heterocycles. The number of aryl methyl sites for hydroxylation is 1. The van der Waals surface area contributed by atoms with Gasteiger partial charge < -0.3 is 30.0 Å². The van der Waals surface area contributed by atoms with Crippen molar-refractivity contribution in [3.05, 3.63) is 63.2 Å². The summed E-state index contributed by atoms with van der Waals surface area (Å²) in [5, 5.41) is 6.39. The molecule has 0 bridgehead atoms. The molecule has 0 radical (unpaired) electrons. The molecule has 1 fully saturated rings. The Morgan fingerprint density at radius 1 is 1.20 bits per heavy atom. The lowest BCUT2D eigenvalue weighted by atomic mass is 9.90. The van der Waals surface area contributed by atoms with E-state index < -0.39 is 5.79 Å². The van der Waals surface area contributed by atoms with E-state index in [4.69, 9.17) is 9.47 Å². The molecule has 1 atom stereocenters. The Balaban J connectivity index is 1.53. The van der Waals surface area contributed by atoms with E-state index >= 15 is 0 Å². The number of pyridine rings is 2. The summed E-state index contributed by atoms with van der Waals surface area (Å²) in [4.78, 5) is 36.8. The van der Waals surface area contributed by atoms with Crippen molar-refractivity contribution in [3.63, 3.8) is 0 Å². The Morgan fingerprint density at radius 3 is 2.59 bits per heavy atom. The molecule has 0 aliphatic carbocycles. The van der Waals surface area contributed by atoms with Crippen LogP contribution in [0, 0.1) is 19.8 Å². The largest absolute Gasteiger partial charge is 0.448 e. The number of fused-ring (bicyclic) bond motifs is 1. The molecule has 4 heterocycles. The van der Waals surface area contributed by atoms with Crippen LogP contribution in [0.3, 0.4) is 0 Å². The van der Waals surface area contributed by atoms with Gasteiger partial charge in [-0.05, 0) is 77.2 Å². The number of hydrogen-bond acceptors (Lipinski definition) is 8. The maximum absolute atomic E-state index is 13.7. The summed E-state index contributed by atoms with van der Waals surface area (Å²) in [7, 11) is 2.00. The van der Waals surface area contributed by atoms with E-state index in [1.165, 1.54) is 11.8 Å². The number of nitrogens with zero attached hydrogens (tertiary/aromatic N) is 2. The SMILES string of the molecule is CCN(C)c1ccc(-c2cc(C(=O)NCc3c(SC)cc(C)[nH]c3=O)c(C)c3c2OC(C)(C2CCNCC2)O3)cn1. The number of anilines is 1. The quantitative estimate of drug-likeness (QED) is 0.332. The van der Waals surface area contributed by atoms with Gasteiger partial charge in [0.05, 0.1) is 0 Å². The maximum atomic E-state index is 13.7. The molecule has 5 rings (SSSR count). The van der Waals surface area contributed by atoms with Crippen LogP contribution in [-0.4, -0.2) is 54.6 Å². The minimum atomic E-state index is -0.836. The van der Waals surface area contributed by atoms with E-state index in [1.807, 2.05) is 64.5 Å². The number of nitrogens with one attached hydrogen (secondary N) is 3. The van der Waals surface area contributed by atoms with Crippen molar-refractivity contribution in [1.82, 2.24) is 20.6 Å². The van der Waals surface area contributed by atoms with E-state index in [2.05, 4.69) is 32.4 Å². The first-order valence-corrected chi connectivity index (χ1v) is 15.4. The lowest BCUT2D eigenvalue weighted by molar-refractivity contribution is -0.117. The van der Waals surface area contributed by atoms with Gasteiger partial charge in [0.2, 0.25) is 0 Å². The lowest BCUT2D eigenvalue weighted by Gasteiger charge is -2.35. The molecule has 1 saturated heterocycles. The van der Waals surface area contributed by atoms with E-state index in [0.29, 0.717) is 28.2 Å². The topological polar surface area (TPSA) is 109 Å². The molecule has 1 amide bonds. The minimum absolute atomic E-state index is 0.111. The summed E-state index contributed by atoms with van der Waals surface area (Å²) < 4.78 is 13.3. The molecule has 3 aromatic rings. The number of thioether (sulfide) groups is 1. The van der Waals surface area contributed by atoms with E-state index in [-0.39, 0.29) is 23.9 Å². The zero-order valence-electron chi connectivity index (χ0n) is 24.6. The summed E-state index contributed by atoms with van der Waals surface area (Å²) in [6, 6.07) is 7.75. The Labute approximate surface area is 245 Å². The standard InChI is InChI=1S/C31H39N5O4S/c1-7-36(5)26-9-8-20(16-33-26)23-15-22(29(37)34-17-24-25(41-6)14-18(2)35-30(24)38)19(3)27-28(23)40-31(4,39-27)21-10-12-32-13-11-21/h8-9,14-16,21,32H,7,10-13,17H2,1-6H3,(H,34,37)(H,35,38). The second kappa shape index (κ2) is 11.8. The molecule has 2 aromatic heterocycles. The number of aromatic amines is 1. The summed E-state index contributed by atoms with van der Waals surface area (Å²) in [5.74, 6) is 1.17. The van der Waals surface area contributed by atoms with Crippen molar-refractivity contribution in [2.45, 2.75) is 57.8 Å². The number of H-pyrrole nitrogens is 1. The highest BCUT2D eigenvalue weighted by Gasteiger charge is 2.46. The number of piperidine rings is 1. The number of rotatable bonds is 8. The smallest absolute Gasteiger partial charge is 0.254 e. The molecule has 10 heteroatoms. The van der Waals surface area contributed by atoms with Crippen LogP contribution >= 0.6 is 11.8 Å². The Morgan fingerprint density at radius 2 is 1.93 bits per heavy atom. The average Bonchev–Trinajstić information content (AvgIpc) is 3.35. The molecular weight excluding hydrogens is 538 g/mol. The molecule has 1 aromatic carbocycles. The highest BCUT2D eigenvalue weighted by atomic mass is 32.2. The summed E-state index contributed by atoms with van der Waals surface area (Å²) in [5.41, 5.74) is 3.89. The van der Waals surface area contributed by atoms with Crippen LogP contribution in [0.1, 0.15) is 53.9 Å². The second-order valence-electron chi connectivity index (χ2n) is 10.9. The second-order valence-corrected chi connectivity index (χ2v) is 11.8. The number of benzene rings is 1. The number of carbonyl (C=O) groups excluding carboxylic acids is 1. The molecule has 0 spiro atoms. The highest BCUT2D eigenvalue weighted by molar-refractivity contribution is 7.98.